The minimum atomic E-state index is 0.135. The first-order valence-corrected chi connectivity index (χ1v) is 10.2. The Morgan fingerprint density at radius 3 is 2.82 bits per heavy atom. The predicted octanol–water partition coefficient (Wildman–Crippen LogP) is 2.53. The topological polar surface area (TPSA) is 76.4 Å². The van der Waals surface area contributed by atoms with E-state index in [0.29, 0.717) is 0 Å². The van der Waals surface area contributed by atoms with E-state index < -0.39 is 0 Å². The van der Waals surface area contributed by atoms with Gasteiger partial charge in [-0.3, -0.25) is 4.99 Å². The molecule has 152 valence electrons. The van der Waals surface area contributed by atoms with Crippen molar-refractivity contribution < 1.29 is 4.74 Å². The molecule has 0 radical (unpaired) electrons. The number of methoxy groups -OCH3 is 1. The minimum Gasteiger partial charge on any atom is -0.497 e. The van der Waals surface area contributed by atoms with Gasteiger partial charge in [-0.25, -0.2) is 0 Å². The molecule has 28 heavy (non-hydrogen) atoms. The number of aryl methyl sites for hydroxylation is 1. The maximum Gasteiger partial charge on any atom is 0.191 e. The molecular formula is C21H32N6O. The summed E-state index contributed by atoms with van der Waals surface area (Å²) >= 11 is 0. The summed E-state index contributed by atoms with van der Waals surface area (Å²) in [5.41, 5.74) is 1.49. The highest BCUT2D eigenvalue weighted by atomic mass is 16.5. The summed E-state index contributed by atoms with van der Waals surface area (Å²) in [5.74, 6) is 2.76. The van der Waals surface area contributed by atoms with Crippen molar-refractivity contribution >= 4 is 5.96 Å². The average molecular weight is 385 g/mol. The van der Waals surface area contributed by atoms with E-state index in [1.165, 1.54) is 31.2 Å². The zero-order valence-corrected chi connectivity index (χ0v) is 17.2. The Balaban J connectivity index is 1.59. The van der Waals surface area contributed by atoms with Crippen LogP contribution in [0.4, 0.5) is 0 Å². The Bertz CT molecular complexity index is 779. The maximum absolute atomic E-state index is 5.44. The average Bonchev–Trinajstić information content (AvgIpc) is 3.40. The van der Waals surface area contributed by atoms with Crippen molar-refractivity contribution in [2.75, 3.05) is 27.2 Å². The summed E-state index contributed by atoms with van der Waals surface area (Å²) in [6.07, 6.45) is 7.56. The van der Waals surface area contributed by atoms with Crippen molar-refractivity contribution in [3.05, 3.63) is 42.0 Å². The fourth-order valence-corrected chi connectivity index (χ4v) is 4.08. The van der Waals surface area contributed by atoms with Crippen molar-refractivity contribution in [3.8, 4) is 5.75 Å². The zero-order chi connectivity index (χ0) is 19.8. The second-order valence-corrected chi connectivity index (χ2v) is 7.37. The molecule has 7 heteroatoms. The minimum absolute atomic E-state index is 0.135. The summed E-state index contributed by atoms with van der Waals surface area (Å²) in [6, 6.07) is 8.51. The molecular weight excluding hydrogens is 352 g/mol. The SMILES string of the molecule is CCc1nncn1CCNC(=NC)NCC1(c2cccc(OC)c2)CCCC1. The number of benzene rings is 1. The lowest BCUT2D eigenvalue weighted by atomic mass is 9.78. The van der Waals surface area contributed by atoms with E-state index in [0.717, 1.165) is 43.6 Å². The van der Waals surface area contributed by atoms with Crippen LogP contribution in [0.25, 0.3) is 0 Å². The van der Waals surface area contributed by atoms with Crippen LogP contribution in [0.1, 0.15) is 44.0 Å². The normalized spacial score (nSPS) is 16.2. The van der Waals surface area contributed by atoms with Gasteiger partial charge in [0, 0.05) is 38.5 Å². The van der Waals surface area contributed by atoms with Crippen LogP contribution in [-0.2, 0) is 18.4 Å². The fourth-order valence-electron chi connectivity index (χ4n) is 4.08. The predicted molar refractivity (Wildman–Crippen MR) is 112 cm³/mol. The van der Waals surface area contributed by atoms with Gasteiger partial charge < -0.3 is 19.9 Å². The van der Waals surface area contributed by atoms with Gasteiger partial charge in [-0.2, -0.15) is 0 Å². The van der Waals surface area contributed by atoms with E-state index in [9.17, 15) is 0 Å². The number of nitrogens with one attached hydrogen (secondary N) is 2. The summed E-state index contributed by atoms with van der Waals surface area (Å²) < 4.78 is 7.52. The standard InChI is InChI=1S/C21H32N6O/c1-4-19-26-25-16-27(19)13-12-23-20(22-2)24-15-21(10-5-6-11-21)17-8-7-9-18(14-17)28-3/h7-9,14,16H,4-6,10-13,15H2,1-3H3,(H2,22,23,24). The Morgan fingerprint density at radius 2 is 2.11 bits per heavy atom. The number of aromatic nitrogens is 3. The van der Waals surface area contributed by atoms with Crippen LogP contribution in [0, 0.1) is 0 Å². The van der Waals surface area contributed by atoms with Gasteiger partial charge in [0.2, 0.25) is 0 Å². The third kappa shape index (κ3) is 4.64. The van der Waals surface area contributed by atoms with E-state index in [2.05, 4.69) is 55.5 Å². The van der Waals surface area contributed by atoms with Gasteiger partial charge in [0.15, 0.2) is 5.96 Å². The number of rotatable bonds is 8. The third-order valence-corrected chi connectivity index (χ3v) is 5.72. The molecule has 1 aliphatic carbocycles. The van der Waals surface area contributed by atoms with Gasteiger partial charge in [-0.1, -0.05) is 31.9 Å². The van der Waals surface area contributed by atoms with Crippen molar-refractivity contribution in [2.24, 2.45) is 4.99 Å². The molecule has 1 fully saturated rings. The van der Waals surface area contributed by atoms with E-state index >= 15 is 0 Å². The molecule has 2 aromatic rings. The quantitative estimate of drug-likeness (QED) is 0.540. The first-order valence-electron chi connectivity index (χ1n) is 10.2. The first kappa shape index (κ1) is 20.2. The van der Waals surface area contributed by atoms with Crippen LogP contribution < -0.4 is 15.4 Å². The molecule has 0 bridgehead atoms. The third-order valence-electron chi connectivity index (χ3n) is 5.72. The number of guanidine groups is 1. The van der Waals surface area contributed by atoms with Crippen LogP contribution in [0.3, 0.4) is 0 Å². The van der Waals surface area contributed by atoms with Gasteiger partial charge in [0.05, 0.1) is 7.11 Å². The summed E-state index contributed by atoms with van der Waals surface area (Å²) in [6.45, 7) is 4.55. The molecule has 1 saturated carbocycles. The molecule has 2 N–H and O–H groups in total. The molecule has 0 unspecified atom stereocenters. The molecule has 3 rings (SSSR count). The van der Waals surface area contributed by atoms with Crippen molar-refractivity contribution in [1.82, 2.24) is 25.4 Å². The van der Waals surface area contributed by atoms with Crippen LogP contribution in [0.2, 0.25) is 0 Å². The van der Waals surface area contributed by atoms with Gasteiger partial charge in [0.25, 0.3) is 0 Å². The second kappa shape index (κ2) is 9.57. The monoisotopic (exact) mass is 384 g/mol. The van der Waals surface area contributed by atoms with Crippen molar-refractivity contribution in [2.45, 2.75) is 51.0 Å². The maximum atomic E-state index is 5.44. The number of ether oxygens (including phenoxy) is 1. The Kier molecular flexibility index (Phi) is 6.90. The van der Waals surface area contributed by atoms with E-state index in [1.807, 2.05) is 13.1 Å². The Hall–Kier alpha value is -2.57. The largest absolute Gasteiger partial charge is 0.497 e. The first-order chi connectivity index (χ1) is 13.7. The van der Waals surface area contributed by atoms with Gasteiger partial charge >= 0.3 is 0 Å². The summed E-state index contributed by atoms with van der Waals surface area (Å²) in [5, 5.41) is 15.1. The molecule has 0 spiro atoms. The molecule has 0 atom stereocenters. The molecule has 0 amide bonds. The Morgan fingerprint density at radius 1 is 1.29 bits per heavy atom. The molecule has 1 aromatic heterocycles. The van der Waals surface area contributed by atoms with Crippen LogP contribution in [-0.4, -0.2) is 48.0 Å². The van der Waals surface area contributed by atoms with E-state index in [1.54, 1.807) is 13.4 Å². The fraction of sp³-hybridized carbons (Fsp3) is 0.571. The summed E-state index contributed by atoms with van der Waals surface area (Å²) in [7, 11) is 3.54. The van der Waals surface area contributed by atoms with Gasteiger partial charge in [-0.15, -0.1) is 10.2 Å². The Labute approximate surface area is 167 Å². The number of hydrogen-bond acceptors (Lipinski definition) is 4. The van der Waals surface area contributed by atoms with Gasteiger partial charge in [-0.05, 0) is 30.5 Å². The number of hydrogen-bond donors (Lipinski definition) is 2. The molecule has 7 nitrogen and oxygen atoms in total. The van der Waals surface area contributed by atoms with Crippen molar-refractivity contribution in [1.29, 1.82) is 0 Å². The van der Waals surface area contributed by atoms with E-state index in [-0.39, 0.29) is 5.41 Å². The molecule has 1 aliphatic rings. The lowest BCUT2D eigenvalue weighted by Crippen LogP contribution is -2.45. The highest BCUT2D eigenvalue weighted by Gasteiger charge is 2.36. The van der Waals surface area contributed by atoms with Gasteiger partial charge in [0.1, 0.15) is 17.9 Å². The highest BCUT2D eigenvalue weighted by molar-refractivity contribution is 5.79. The molecule has 0 saturated heterocycles. The van der Waals surface area contributed by atoms with Crippen LogP contribution in [0.15, 0.2) is 35.6 Å². The number of nitrogens with zero attached hydrogens (tertiary/aromatic N) is 4. The smallest absolute Gasteiger partial charge is 0.191 e. The lowest BCUT2D eigenvalue weighted by Gasteiger charge is -2.31. The molecule has 1 heterocycles. The molecule has 1 aromatic carbocycles. The lowest BCUT2D eigenvalue weighted by molar-refractivity contribution is 0.404. The summed E-state index contributed by atoms with van der Waals surface area (Å²) in [4.78, 5) is 4.40. The second-order valence-electron chi connectivity index (χ2n) is 7.37. The van der Waals surface area contributed by atoms with Crippen LogP contribution in [0.5, 0.6) is 5.75 Å². The molecule has 0 aliphatic heterocycles. The van der Waals surface area contributed by atoms with E-state index in [4.69, 9.17) is 4.74 Å². The van der Waals surface area contributed by atoms with Crippen LogP contribution >= 0.6 is 0 Å². The highest BCUT2D eigenvalue weighted by Crippen LogP contribution is 2.41. The van der Waals surface area contributed by atoms with Crippen molar-refractivity contribution in [3.63, 3.8) is 0 Å². The number of aliphatic imine (C=N–C) groups is 1. The zero-order valence-electron chi connectivity index (χ0n) is 17.2.